The zero-order chi connectivity index (χ0) is 7.28. The second kappa shape index (κ2) is 6.58. The Kier molecular flexibility index (Phi) is 8.00. The first-order valence-electron chi connectivity index (χ1n) is 2.73. The highest BCUT2D eigenvalue weighted by Crippen LogP contribution is 1.87. The van der Waals surface area contributed by atoms with E-state index in [1.54, 1.807) is 6.92 Å². The monoisotopic (exact) mass is 165 g/mol. The van der Waals surface area contributed by atoms with Crippen LogP contribution in [0.1, 0.15) is 6.92 Å². The van der Waals surface area contributed by atoms with Crippen LogP contribution in [0.15, 0.2) is 12.7 Å². The summed E-state index contributed by atoms with van der Waals surface area (Å²) in [6, 6.07) is 0. The van der Waals surface area contributed by atoms with E-state index in [1.165, 1.54) is 0 Å². The Bertz CT molecular complexity index is 116. The Labute approximate surface area is 66.6 Å². The number of carbonyl (C=O) groups excluding carboxylic acids is 1. The van der Waals surface area contributed by atoms with Gasteiger partial charge >= 0.3 is 5.97 Å². The van der Waals surface area contributed by atoms with Gasteiger partial charge in [-0.25, -0.2) is 4.79 Å². The number of halogens is 1. The fourth-order valence-electron chi connectivity index (χ4n) is 0.295. The molecule has 0 rings (SSSR count). The van der Waals surface area contributed by atoms with E-state index in [9.17, 15) is 4.79 Å². The smallest absolute Gasteiger partial charge is 0.330 e. The van der Waals surface area contributed by atoms with Gasteiger partial charge in [-0.1, -0.05) is 6.58 Å². The van der Waals surface area contributed by atoms with Crippen LogP contribution in [0.5, 0.6) is 0 Å². The summed E-state index contributed by atoms with van der Waals surface area (Å²) in [4.78, 5) is 10.4. The molecule has 0 heterocycles. The molecule has 0 aliphatic rings. The van der Waals surface area contributed by atoms with Crippen LogP contribution in [0.4, 0.5) is 0 Å². The molecule has 10 heavy (non-hydrogen) atoms. The molecule has 0 aromatic carbocycles. The van der Waals surface area contributed by atoms with Crippen LogP contribution in [-0.2, 0) is 9.53 Å². The molecule has 0 aromatic heterocycles. The summed E-state index contributed by atoms with van der Waals surface area (Å²) in [5, 5.41) is 0. The van der Waals surface area contributed by atoms with Crippen molar-refractivity contribution in [1.82, 2.24) is 0 Å². The molecule has 0 fully saturated rings. The number of esters is 1. The highest BCUT2D eigenvalue weighted by molar-refractivity contribution is 5.85. The average Bonchev–Trinajstić information content (AvgIpc) is 1.87. The van der Waals surface area contributed by atoms with Crippen molar-refractivity contribution in [3.63, 3.8) is 0 Å². The van der Waals surface area contributed by atoms with E-state index in [0.717, 1.165) is 6.08 Å². The maximum Gasteiger partial charge on any atom is 0.330 e. The summed E-state index contributed by atoms with van der Waals surface area (Å²) in [6.07, 6.45) is 0.905. The molecule has 1 unspecified atom stereocenters. The summed E-state index contributed by atoms with van der Waals surface area (Å²) in [5.74, 6) is -0.423. The lowest BCUT2D eigenvalue weighted by molar-refractivity contribution is -0.141. The number of hydrogen-bond donors (Lipinski definition) is 1. The second-order valence-electron chi connectivity index (χ2n) is 1.69. The quantitative estimate of drug-likeness (QED) is 0.489. The zero-order valence-corrected chi connectivity index (χ0v) is 6.69. The molecular formula is C6H12ClNO2. The van der Waals surface area contributed by atoms with Crippen molar-refractivity contribution in [3.8, 4) is 0 Å². The average molecular weight is 166 g/mol. The van der Waals surface area contributed by atoms with Gasteiger partial charge in [-0.15, -0.1) is 12.4 Å². The molecule has 2 N–H and O–H groups in total. The summed E-state index contributed by atoms with van der Waals surface area (Å²) in [6.45, 7) is 5.30. The van der Waals surface area contributed by atoms with Crippen molar-refractivity contribution in [3.05, 3.63) is 12.7 Å². The number of nitrogens with two attached hydrogens (primary N) is 1. The fraction of sp³-hybridized carbons (Fsp3) is 0.500. The van der Waals surface area contributed by atoms with Gasteiger partial charge in [0.25, 0.3) is 0 Å². The Morgan fingerprint density at radius 2 is 2.40 bits per heavy atom. The van der Waals surface area contributed by atoms with Crippen molar-refractivity contribution in [1.29, 1.82) is 0 Å². The van der Waals surface area contributed by atoms with Crippen LogP contribution in [-0.4, -0.2) is 18.6 Å². The molecule has 0 radical (unpaired) electrons. The minimum Gasteiger partial charge on any atom is -0.458 e. The third-order valence-corrected chi connectivity index (χ3v) is 0.816. The first-order chi connectivity index (χ1) is 4.20. The molecule has 0 spiro atoms. The maximum atomic E-state index is 10.4. The van der Waals surface area contributed by atoms with Crippen molar-refractivity contribution >= 4 is 18.4 Å². The summed E-state index contributed by atoms with van der Waals surface area (Å²) < 4.78 is 4.67. The molecule has 0 saturated carbocycles. The van der Waals surface area contributed by atoms with E-state index < -0.39 is 5.97 Å². The lowest BCUT2D eigenvalue weighted by atomic mass is 10.4. The Morgan fingerprint density at radius 3 is 2.70 bits per heavy atom. The van der Waals surface area contributed by atoms with Gasteiger partial charge in [0.1, 0.15) is 6.10 Å². The third-order valence-electron chi connectivity index (χ3n) is 0.816. The van der Waals surface area contributed by atoms with Crippen LogP contribution in [0.25, 0.3) is 0 Å². The van der Waals surface area contributed by atoms with Gasteiger partial charge in [0.05, 0.1) is 0 Å². The van der Waals surface area contributed by atoms with Gasteiger partial charge in [0, 0.05) is 12.6 Å². The molecule has 0 aliphatic carbocycles. The maximum absolute atomic E-state index is 10.4. The largest absolute Gasteiger partial charge is 0.458 e. The molecule has 0 aliphatic heterocycles. The molecule has 1 atom stereocenters. The van der Waals surface area contributed by atoms with Crippen molar-refractivity contribution in [2.24, 2.45) is 5.73 Å². The number of hydrogen-bond acceptors (Lipinski definition) is 3. The van der Waals surface area contributed by atoms with Crippen molar-refractivity contribution in [2.45, 2.75) is 13.0 Å². The summed E-state index contributed by atoms with van der Waals surface area (Å²) in [5.41, 5.74) is 5.16. The van der Waals surface area contributed by atoms with Crippen LogP contribution in [0, 0.1) is 0 Å². The lowest BCUT2D eigenvalue weighted by Gasteiger charge is -2.06. The van der Waals surface area contributed by atoms with Crippen molar-refractivity contribution < 1.29 is 9.53 Å². The predicted octanol–water partition coefficient (Wildman–Crippen LogP) is 0.485. The molecule has 0 saturated heterocycles. The standard InChI is InChI=1S/C6H11NO2.ClH/c1-3-6(8)9-5(2)4-7;/h3,5H,1,4,7H2,2H3;1H. The van der Waals surface area contributed by atoms with Gasteiger partial charge in [-0.05, 0) is 6.92 Å². The molecule has 0 bridgehead atoms. The van der Waals surface area contributed by atoms with Crippen LogP contribution in [0.3, 0.4) is 0 Å². The van der Waals surface area contributed by atoms with Gasteiger partial charge in [0.15, 0.2) is 0 Å². The lowest BCUT2D eigenvalue weighted by Crippen LogP contribution is -2.22. The Hall–Kier alpha value is -0.540. The highest BCUT2D eigenvalue weighted by Gasteiger charge is 2.01. The minimum absolute atomic E-state index is 0. The van der Waals surface area contributed by atoms with E-state index in [4.69, 9.17) is 5.73 Å². The topological polar surface area (TPSA) is 52.3 Å². The van der Waals surface area contributed by atoms with E-state index in [2.05, 4.69) is 11.3 Å². The van der Waals surface area contributed by atoms with Crippen molar-refractivity contribution in [2.75, 3.05) is 6.54 Å². The van der Waals surface area contributed by atoms with E-state index in [-0.39, 0.29) is 18.5 Å². The Balaban J connectivity index is 0. The summed E-state index contributed by atoms with van der Waals surface area (Å²) in [7, 11) is 0. The van der Waals surface area contributed by atoms with Crippen LogP contribution in [0.2, 0.25) is 0 Å². The Morgan fingerprint density at radius 1 is 1.90 bits per heavy atom. The molecule has 0 aromatic rings. The van der Waals surface area contributed by atoms with Crippen LogP contribution >= 0.6 is 12.4 Å². The molecule has 0 amide bonds. The van der Waals surface area contributed by atoms with Gasteiger partial charge in [-0.2, -0.15) is 0 Å². The SMILES string of the molecule is C=CC(=O)OC(C)CN.Cl. The predicted molar refractivity (Wildman–Crippen MR) is 42.1 cm³/mol. The first kappa shape index (κ1) is 12.2. The van der Waals surface area contributed by atoms with Crippen LogP contribution < -0.4 is 5.73 Å². The van der Waals surface area contributed by atoms with E-state index in [1.807, 2.05) is 0 Å². The molecular weight excluding hydrogens is 154 g/mol. The minimum atomic E-state index is -0.423. The van der Waals surface area contributed by atoms with Gasteiger partial charge < -0.3 is 10.5 Å². The second-order valence-corrected chi connectivity index (χ2v) is 1.69. The van der Waals surface area contributed by atoms with E-state index >= 15 is 0 Å². The number of carbonyl (C=O) groups is 1. The normalized spacial score (nSPS) is 11.0. The van der Waals surface area contributed by atoms with Gasteiger partial charge in [0.2, 0.25) is 0 Å². The van der Waals surface area contributed by atoms with Gasteiger partial charge in [-0.3, -0.25) is 0 Å². The summed E-state index contributed by atoms with van der Waals surface area (Å²) >= 11 is 0. The third kappa shape index (κ3) is 5.59. The number of rotatable bonds is 3. The fourth-order valence-corrected chi connectivity index (χ4v) is 0.295. The molecule has 4 heteroatoms. The molecule has 3 nitrogen and oxygen atoms in total. The number of ether oxygens (including phenoxy) is 1. The highest BCUT2D eigenvalue weighted by atomic mass is 35.5. The first-order valence-corrected chi connectivity index (χ1v) is 2.73. The van der Waals surface area contributed by atoms with E-state index in [0.29, 0.717) is 6.54 Å². The molecule has 60 valence electrons. The zero-order valence-electron chi connectivity index (χ0n) is 5.87.